The molecule has 0 saturated heterocycles. The maximum absolute atomic E-state index is 11.9. The average molecular weight is 248 g/mol. The van der Waals surface area contributed by atoms with Gasteiger partial charge in [0, 0.05) is 18.1 Å². The van der Waals surface area contributed by atoms with Gasteiger partial charge in [0.05, 0.1) is 10.6 Å². The summed E-state index contributed by atoms with van der Waals surface area (Å²) in [5.74, 6) is 0.162. The Hall–Kier alpha value is -1.94. The van der Waals surface area contributed by atoms with E-state index in [0.29, 0.717) is 16.4 Å². The van der Waals surface area contributed by atoms with E-state index >= 15 is 0 Å². The fourth-order valence-corrected chi connectivity index (χ4v) is 1.61. The van der Waals surface area contributed by atoms with E-state index in [0.717, 1.165) is 5.69 Å². The molecule has 86 valence electrons. The van der Waals surface area contributed by atoms with E-state index in [1.54, 1.807) is 30.5 Å². The largest absolute Gasteiger partial charge is 0.306 e. The predicted octanol–water partition coefficient (Wildman–Crippen LogP) is 2.69. The zero-order valence-electron chi connectivity index (χ0n) is 9.14. The summed E-state index contributed by atoms with van der Waals surface area (Å²) in [6, 6.07) is 6.91. The summed E-state index contributed by atoms with van der Waals surface area (Å²) in [6.07, 6.45) is 3.06. The van der Waals surface area contributed by atoms with Crippen molar-refractivity contribution in [2.75, 3.05) is 5.32 Å². The van der Waals surface area contributed by atoms with Crippen LogP contribution in [0.4, 0.5) is 5.82 Å². The van der Waals surface area contributed by atoms with Crippen molar-refractivity contribution in [3.8, 4) is 0 Å². The van der Waals surface area contributed by atoms with Crippen LogP contribution in [0.5, 0.6) is 0 Å². The highest BCUT2D eigenvalue weighted by atomic mass is 35.5. The molecule has 2 heterocycles. The molecule has 0 aromatic carbocycles. The Kier molecular flexibility index (Phi) is 3.35. The van der Waals surface area contributed by atoms with E-state index in [1.165, 1.54) is 6.20 Å². The van der Waals surface area contributed by atoms with Crippen LogP contribution in [-0.4, -0.2) is 15.9 Å². The SMILES string of the molecule is Cc1cc(Cl)c(C(=O)Nc2ccccn2)cn1. The average Bonchev–Trinajstić information content (AvgIpc) is 2.30. The molecule has 0 atom stereocenters. The summed E-state index contributed by atoms with van der Waals surface area (Å²) in [4.78, 5) is 19.9. The molecule has 1 amide bonds. The van der Waals surface area contributed by atoms with E-state index in [2.05, 4.69) is 15.3 Å². The standard InChI is InChI=1S/C12H10ClN3O/c1-8-6-10(13)9(7-15-8)12(17)16-11-4-2-3-5-14-11/h2-7H,1H3,(H,14,16,17). The van der Waals surface area contributed by atoms with Gasteiger partial charge in [0.25, 0.3) is 5.91 Å². The number of anilines is 1. The Morgan fingerprint density at radius 2 is 2.18 bits per heavy atom. The lowest BCUT2D eigenvalue weighted by atomic mass is 10.2. The van der Waals surface area contributed by atoms with Crippen molar-refractivity contribution in [1.29, 1.82) is 0 Å². The molecular formula is C12H10ClN3O. The molecule has 1 N–H and O–H groups in total. The molecule has 2 aromatic heterocycles. The van der Waals surface area contributed by atoms with Gasteiger partial charge in [-0.25, -0.2) is 4.98 Å². The lowest BCUT2D eigenvalue weighted by Gasteiger charge is -2.05. The van der Waals surface area contributed by atoms with Gasteiger partial charge in [-0.2, -0.15) is 0 Å². The smallest absolute Gasteiger partial charge is 0.259 e. The van der Waals surface area contributed by atoms with E-state index in [1.807, 2.05) is 6.92 Å². The molecule has 0 aliphatic rings. The summed E-state index contributed by atoms with van der Waals surface area (Å²) in [5.41, 5.74) is 1.10. The molecule has 0 aliphatic carbocycles. The van der Waals surface area contributed by atoms with Gasteiger partial charge in [-0.05, 0) is 25.1 Å². The Bertz CT molecular complexity index is 543. The van der Waals surface area contributed by atoms with E-state index < -0.39 is 0 Å². The minimum atomic E-state index is -0.318. The zero-order valence-corrected chi connectivity index (χ0v) is 9.90. The van der Waals surface area contributed by atoms with Crippen LogP contribution < -0.4 is 5.32 Å². The summed E-state index contributed by atoms with van der Waals surface area (Å²) in [6.45, 7) is 1.81. The number of aromatic nitrogens is 2. The summed E-state index contributed by atoms with van der Waals surface area (Å²) in [7, 11) is 0. The van der Waals surface area contributed by atoms with E-state index in [-0.39, 0.29) is 5.91 Å². The number of hydrogen-bond donors (Lipinski definition) is 1. The Morgan fingerprint density at radius 1 is 1.35 bits per heavy atom. The van der Waals surface area contributed by atoms with Crippen LogP contribution in [-0.2, 0) is 0 Å². The molecule has 0 spiro atoms. The number of aryl methyl sites for hydroxylation is 1. The third-order valence-corrected chi connectivity index (χ3v) is 2.45. The third kappa shape index (κ3) is 2.79. The number of rotatable bonds is 2. The summed E-state index contributed by atoms with van der Waals surface area (Å²) < 4.78 is 0. The number of hydrogen-bond acceptors (Lipinski definition) is 3. The zero-order chi connectivity index (χ0) is 12.3. The van der Waals surface area contributed by atoms with Gasteiger partial charge in [-0.1, -0.05) is 17.7 Å². The maximum atomic E-state index is 11.9. The van der Waals surface area contributed by atoms with E-state index in [9.17, 15) is 4.79 Å². The second-order valence-electron chi connectivity index (χ2n) is 3.47. The van der Waals surface area contributed by atoms with Crippen LogP contribution in [0.3, 0.4) is 0 Å². The first-order valence-electron chi connectivity index (χ1n) is 5.01. The molecule has 0 saturated carbocycles. The van der Waals surface area contributed by atoms with Crippen molar-refractivity contribution in [2.24, 2.45) is 0 Å². The first-order chi connectivity index (χ1) is 8.16. The van der Waals surface area contributed by atoms with Crippen molar-refractivity contribution in [1.82, 2.24) is 9.97 Å². The van der Waals surface area contributed by atoms with Crippen molar-refractivity contribution < 1.29 is 4.79 Å². The predicted molar refractivity (Wildman–Crippen MR) is 66.2 cm³/mol. The van der Waals surface area contributed by atoms with Crippen LogP contribution in [0.1, 0.15) is 16.1 Å². The quantitative estimate of drug-likeness (QED) is 0.888. The molecule has 0 bridgehead atoms. The summed E-state index contributed by atoms with van der Waals surface area (Å²) in [5, 5.41) is 3.02. The lowest BCUT2D eigenvalue weighted by Crippen LogP contribution is -2.13. The number of pyridine rings is 2. The number of halogens is 1. The van der Waals surface area contributed by atoms with Crippen molar-refractivity contribution in [3.05, 3.63) is 52.9 Å². The Labute approximate surface area is 104 Å². The molecule has 0 aliphatic heterocycles. The highest BCUT2D eigenvalue weighted by Crippen LogP contribution is 2.16. The molecule has 4 nitrogen and oxygen atoms in total. The second kappa shape index (κ2) is 4.93. The van der Waals surface area contributed by atoms with Crippen LogP contribution in [0.15, 0.2) is 36.7 Å². The Morgan fingerprint density at radius 3 is 2.82 bits per heavy atom. The summed E-state index contributed by atoms with van der Waals surface area (Å²) >= 11 is 5.97. The fourth-order valence-electron chi connectivity index (χ4n) is 1.31. The first-order valence-corrected chi connectivity index (χ1v) is 5.39. The second-order valence-corrected chi connectivity index (χ2v) is 3.88. The van der Waals surface area contributed by atoms with Gasteiger partial charge in [-0.15, -0.1) is 0 Å². The molecule has 2 rings (SSSR count). The molecule has 0 unspecified atom stereocenters. The number of carbonyl (C=O) groups excluding carboxylic acids is 1. The maximum Gasteiger partial charge on any atom is 0.259 e. The minimum absolute atomic E-state index is 0.318. The van der Waals surface area contributed by atoms with Crippen LogP contribution in [0, 0.1) is 6.92 Å². The number of amides is 1. The monoisotopic (exact) mass is 247 g/mol. The van der Waals surface area contributed by atoms with Crippen molar-refractivity contribution in [3.63, 3.8) is 0 Å². The highest BCUT2D eigenvalue weighted by Gasteiger charge is 2.11. The number of nitrogens with one attached hydrogen (secondary N) is 1. The number of carbonyl (C=O) groups is 1. The number of nitrogens with zero attached hydrogens (tertiary/aromatic N) is 2. The molecule has 0 fully saturated rings. The van der Waals surface area contributed by atoms with Gasteiger partial charge in [0.15, 0.2) is 0 Å². The first kappa shape index (κ1) is 11.5. The molecule has 17 heavy (non-hydrogen) atoms. The van der Waals surface area contributed by atoms with Crippen molar-refractivity contribution in [2.45, 2.75) is 6.92 Å². The Balaban J connectivity index is 2.21. The van der Waals surface area contributed by atoms with E-state index in [4.69, 9.17) is 11.6 Å². The van der Waals surface area contributed by atoms with Crippen LogP contribution >= 0.6 is 11.6 Å². The highest BCUT2D eigenvalue weighted by molar-refractivity contribution is 6.34. The van der Waals surface area contributed by atoms with Gasteiger partial charge in [0.2, 0.25) is 0 Å². The molecule has 5 heteroatoms. The van der Waals surface area contributed by atoms with Gasteiger partial charge in [0.1, 0.15) is 5.82 Å². The van der Waals surface area contributed by atoms with Gasteiger partial charge < -0.3 is 5.32 Å². The molecule has 0 radical (unpaired) electrons. The molecular weight excluding hydrogens is 238 g/mol. The normalized spacial score (nSPS) is 10.0. The van der Waals surface area contributed by atoms with Crippen LogP contribution in [0.2, 0.25) is 5.02 Å². The van der Waals surface area contributed by atoms with Crippen LogP contribution in [0.25, 0.3) is 0 Å². The van der Waals surface area contributed by atoms with Crippen molar-refractivity contribution >= 4 is 23.3 Å². The lowest BCUT2D eigenvalue weighted by molar-refractivity contribution is 0.102. The third-order valence-electron chi connectivity index (χ3n) is 2.14. The topological polar surface area (TPSA) is 54.9 Å². The van der Waals surface area contributed by atoms with Gasteiger partial charge in [-0.3, -0.25) is 9.78 Å². The fraction of sp³-hybridized carbons (Fsp3) is 0.0833. The minimum Gasteiger partial charge on any atom is -0.306 e. The van der Waals surface area contributed by atoms with Gasteiger partial charge >= 0.3 is 0 Å². The molecule has 2 aromatic rings.